The third kappa shape index (κ3) is 1.90. The minimum absolute atomic E-state index is 0.216. The highest BCUT2D eigenvalue weighted by Gasteiger charge is 2.41. The number of alkyl halides is 1. The van der Waals surface area contributed by atoms with Crippen LogP contribution in [0, 0.1) is 0 Å². The van der Waals surface area contributed by atoms with Crippen molar-refractivity contribution < 1.29 is 9.53 Å². The molecule has 15 heavy (non-hydrogen) atoms. The lowest BCUT2D eigenvalue weighted by Crippen LogP contribution is -2.32. The van der Waals surface area contributed by atoms with Crippen molar-refractivity contribution in [3.05, 3.63) is 34.9 Å². The van der Waals surface area contributed by atoms with E-state index in [4.69, 9.17) is 27.9 Å². The van der Waals surface area contributed by atoms with Crippen LogP contribution in [0.2, 0.25) is 5.02 Å². The SMILES string of the molecule is O=C1NC[C@@](CCl)(c2ccc(Cl)cc2)O1. The zero-order valence-corrected chi connectivity index (χ0v) is 9.31. The van der Waals surface area contributed by atoms with Crippen LogP contribution in [0.15, 0.2) is 24.3 Å². The van der Waals surface area contributed by atoms with Gasteiger partial charge in [-0.05, 0) is 17.7 Å². The fourth-order valence-corrected chi connectivity index (χ4v) is 1.96. The van der Waals surface area contributed by atoms with E-state index >= 15 is 0 Å². The van der Waals surface area contributed by atoms with Crippen LogP contribution in [0.3, 0.4) is 0 Å². The highest BCUT2D eigenvalue weighted by atomic mass is 35.5. The van der Waals surface area contributed by atoms with E-state index in [2.05, 4.69) is 5.32 Å². The molecule has 1 amide bonds. The molecule has 1 atom stereocenters. The molecule has 5 heteroatoms. The summed E-state index contributed by atoms with van der Waals surface area (Å²) in [6.07, 6.45) is -0.439. The number of carbonyl (C=O) groups is 1. The number of halogens is 2. The van der Waals surface area contributed by atoms with Crippen LogP contribution in [0.5, 0.6) is 0 Å². The summed E-state index contributed by atoms with van der Waals surface area (Å²) in [4.78, 5) is 11.0. The highest BCUT2D eigenvalue weighted by molar-refractivity contribution is 6.30. The van der Waals surface area contributed by atoms with Crippen LogP contribution in [0.1, 0.15) is 5.56 Å². The summed E-state index contributed by atoms with van der Waals surface area (Å²) in [5, 5.41) is 3.24. The molecule has 1 heterocycles. The molecule has 1 aliphatic heterocycles. The van der Waals surface area contributed by atoms with Crippen LogP contribution in [-0.2, 0) is 10.3 Å². The van der Waals surface area contributed by atoms with Gasteiger partial charge in [-0.15, -0.1) is 11.6 Å². The number of hydrogen-bond donors (Lipinski definition) is 1. The molecule has 1 saturated heterocycles. The Labute approximate surface area is 97.3 Å². The van der Waals surface area contributed by atoms with E-state index in [1.807, 2.05) is 12.1 Å². The van der Waals surface area contributed by atoms with Crippen LogP contribution in [0.25, 0.3) is 0 Å². The Morgan fingerprint density at radius 3 is 2.53 bits per heavy atom. The molecule has 1 fully saturated rings. The molecule has 2 rings (SSSR count). The Kier molecular flexibility index (Phi) is 2.76. The molecule has 0 radical (unpaired) electrons. The smallest absolute Gasteiger partial charge is 0.408 e. The van der Waals surface area contributed by atoms with E-state index in [9.17, 15) is 4.79 Å². The van der Waals surface area contributed by atoms with Gasteiger partial charge in [-0.1, -0.05) is 23.7 Å². The van der Waals surface area contributed by atoms with Crippen molar-refractivity contribution in [2.45, 2.75) is 5.60 Å². The lowest BCUT2D eigenvalue weighted by atomic mass is 9.96. The number of benzene rings is 1. The normalized spacial score (nSPS) is 24.8. The Morgan fingerprint density at radius 2 is 2.07 bits per heavy atom. The molecular formula is C10H9Cl2NO2. The maximum absolute atomic E-state index is 11.0. The van der Waals surface area contributed by atoms with E-state index in [1.54, 1.807) is 12.1 Å². The Bertz CT molecular complexity index is 380. The van der Waals surface area contributed by atoms with E-state index in [-0.39, 0.29) is 5.88 Å². The summed E-state index contributed by atoms with van der Waals surface area (Å²) < 4.78 is 5.20. The average molecular weight is 246 g/mol. The summed E-state index contributed by atoms with van der Waals surface area (Å²) in [5.41, 5.74) is 0.0868. The number of carbonyl (C=O) groups excluding carboxylic acids is 1. The quantitative estimate of drug-likeness (QED) is 0.814. The predicted octanol–water partition coefficient (Wildman–Crippen LogP) is 2.51. The molecule has 1 N–H and O–H groups in total. The van der Waals surface area contributed by atoms with Gasteiger partial charge in [-0.3, -0.25) is 0 Å². The van der Waals surface area contributed by atoms with Gasteiger partial charge in [-0.2, -0.15) is 0 Å². The number of nitrogens with one attached hydrogen (secondary N) is 1. The summed E-state index contributed by atoms with van der Waals surface area (Å²) in [5.74, 6) is 0.216. The molecule has 0 saturated carbocycles. The first kappa shape index (κ1) is 10.6. The lowest BCUT2D eigenvalue weighted by Gasteiger charge is -2.23. The Morgan fingerprint density at radius 1 is 1.40 bits per heavy atom. The molecule has 0 spiro atoms. The maximum atomic E-state index is 11.0. The molecule has 0 bridgehead atoms. The second-order valence-corrected chi connectivity index (χ2v) is 4.08. The first-order valence-corrected chi connectivity index (χ1v) is 5.36. The fraction of sp³-hybridized carbons (Fsp3) is 0.300. The fourth-order valence-electron chi connectivity index (χ4n) is 1.53. The van der Waals surface area contributed by atoms with Crippen molar-refractivity contribution in [2.24, 2.45) is 0 Å². The van der Waals surface area contributed by atoms with Crippen molar-refractivity contribution in [1.29, 1.82) is 0 Å². The monoisotopic (exact) mass is 245 g/mol. The molecular weight excluding hydrogens is 237 g/mol. The zero-order chi connectivity index (χ0) is 10.9. The van der Waals surface area contributed by atoms with Gasteiger partial charge < -0.3 is 10.1 Å². The van der Waals surface area contributed by atoms with Gasteiger partial charge >= 0.3 is 6.09 Å². The van der Waals surface area contributed by atoms with Gasteiger partial charge in [0, 0.05) is 5.02 Å². The van der Waals surface area contributed by atoms with Crippen molar-refractivity contribution in [3.63, 3.8) is 0 Å². The van der Waals surface area contributed by atoms with Crippen LogP contribution in [0.4, 0.5) is 4.79 Å². The number of cyclic esters (lactones) is 1. The summed E-state index contributed by atoms with van der Waals surface area (Å²) >= 11 is 11.6. The molecule has 1 aromatic rings. The predicted molar refractivity (Wildman–Crippen MR) is 58.3 cm³/mol. The first-order chi connectivity index (χ1) is 7.16. The minimum Gasteiger partial charge on any atom is -0.435 e. The topological polar surface area (TPSA) is 38.3 Å². The van der Waals surface area contributed by atoms with Gasteiger partial charge in [0.05, 0.1) is 12.4 Å². The molecule has 3 nitrogen and oxygen atoms in total. The van der Waals surface area contributed by atoms with Gasteiger partial charge in [0.1, 0.15) is 0 Å². The van der Waals surface area contributed by atoms with Gasteiger partial charge in [-0.25, -0.2) is 4.79 Å². The third-order valence-corrected chi connectivity index (χ3v) is 3.08. The van der Waals surface area contributed by atoms with Crippen LogP contribution < -0.4 is 5.32 Å². The summed E-state index contributed by atoms with van der Waals surface area (Å²) in [6.45, 7) is 0.386. The molecule has 1 aliphatic rings. The number of rotatable bonds is 2. The number of amides is 1. The van der Waals surface area contributed by atoms with E-state index in [0.29, 0.717) is 11.6 Å². The van der Waals surface area contributed by atoms with Crippen molar-refractivity contribution >= 4 is 29.3 Å². The zero-order valence-electron chi connectivity index (χ0n) is 7.80. The standard InChI is InChI=1S/C10H9Cl2NO2/c11-5-10(6-13-9(14)15-10)7-1-3-8(12)4-2-7/h1-4H,5-6H2,(H,13,14)/t10-/m0/s1. The van der Waals surface area contributed by atoms with E-state index in [0.717, 1.165) is 5.56 Å². The second-order valence-electron chi connectivity index (χ2n) is 3.38. The molecule has 1 aromatic carbocycles. The van der Waals surface area contributed by atoms with Gasteiger partial charge in [0.15, 0.2) is 5.60 Å². The third-order valence-electron chi connectivity index (χ3n) is 2.39. The number of alkyl carbamates (subject to hydrolysis) is 1. The van der Waals surface area contributed by atoms with Crippen molar-refractivity contribution in [1.82, 2.24) is 5.32 Å². The van der Waals surface area contributed by atoms with Crippen molar-refractivity contribution in [2.75, 3.05) is 12.4 Å². The van der Waals surface area contributed by atoms with Crippen LogP contribution in [-0.4, -0.2) is 18.5 Å². The molecule has 0 aromatic heterocycles. The Hall–Kier alpha value is -0.930. The highest BCUT2D eigenvalue weighted by Crippen LogP contribution is 2.31. The molecule has 0 unspecified atom stereocenters. The maximum Gasteiger partial charge on any atom is 0.408 e. The van der Waals surface area contributed by atoms with Crippen molar-refractivity contribution in [3.8, 4) is 0 Å². The van der Waals surface area contributed by atoms with Gasteiger partial charge in [0.2, 0.25) is 0 Å². The van der Waals surface area contributed by atoms with Gasteiger partial charge in [0.25, 0.3) is 0 Å². The second kappa shape index (κ2) is 3.91. The Balaban J connectivity index is 2.34. The number of hydrogen-bond acceptors (Lipinski definition) is 2. The lowest BCUT2D eigenvalue weighted by molar-refractivity contribution is 0.0732. The van der Waals surface area contributed by atoms with E-state index in [1.165, 1.54) is 0 Å². The number of ether oxygens (including phenoxy) is 1. The molecule has 80 valence electrons. The minimum atomic E-state index is -0.761. The summed E-state index contributed by atoms with van der Waals surface area (Å²) in [6, 6.07) is 7.12. The largest absolute Gasteiger partial charge is 0.435 e. The summed E-state index contributed by atoms with van der Waals surface area (Å²) in [7, 11) is 0. The van der Waals surface area contributed by atoms with E-state index < -0.39 is 11.7 Å². The first-order valence-electron chi connectivity index (χ1n) is 4.45. The van der Waals surface area contributed by atoms with Crippen LogP contribution >= 0.6 is 23.2 Å². The average Bonchev–Trinajstić information content (AvgIpc) is 2.62. The molecule has 0 aliphatic carbocycles.